The number of hydrogen-bond acceptors (Lipinski definition) is 2. The Balaban J connectivity index is 0.00000120. The van der Waals surface area contributed by atoms with E-state index in [2.05, 4.69) is 19.0 Å². The summed E-state index contributed by atoms with van der Waals surface area (Å²) in [7, 11) is 4.21. The van der Waals surface area contributed by atoms with Crippen LogP contribution in [-0.2, 0) is 0 Å². The summed E-state index contributed by atoms with van der Waals surface area (Å²) >= 11 is 0. The van der Waals surface area contributed by atoms with E-state index in [0.29, 0.717) is 5.41 Å². The fourth-order valence-corrected chi connectivity index (χ4v) is 5.27. The van der Waals surface area contributed by atoms with Crippen molar-refractivity contribution in [1.82, 2.24) is 4.90 Å². The van der Waals surface area contributed by atoms with Crippen molar-refractivity contribution in [2.75, 3.05) is 20.6 Å². The van der Waals surface area contributed by atoms with Crippen molar-refractivity contribution >= 4 is 12.4 Å². The minimum atomic E-state index is -0.0432. The number of halogens is 1. The van der Waals surface area contributed by atoms with Gasteiger partial charge < -0.3 is 10.0 Å². The van der Waals surface area contributed by atoms with Crippen LogP contribution in [0.4, 0.5) is 0 Å². The van der Waals surface area contributed by atoms with E-state index < -0.39 is 0 Å². The standard InChI is InChI=1S/C15H27NO.ClH/c1-16(2)4-3-14(17)15-8-11-5-12(9-15)7-13(6-11)10-15;/h11-14,17H,3-10H2,1-2H3;1H. The monoisotopic (exact) mass is 273 g/mol. The lowest BCUT2D eigenvalue weighted by molar-refractivity contribution is -0.122. The molecule has 1 unspecified atom stereocenters. The molecule has 2 nitrogen and oxygen atoms in total. The topological polar surface area (TPSA) is 23.5 Å². The van der Waals surface area contributed by atoms with Crippen molar-refractivity contribution in [3.63, 3.8) is 0 Å². The molecule has 1 N–H and O–H groups in total. The normalized spacial score (nSPS) is 43.0. The molecule has 0 aromatic carbocycles. The zero-order chi connectivity index (χ0) is 12.0. The Hall–Kier alpha value is 0.210. The molecule has 4 saturated carbocycles. The lowest BCUT2D eigenvalue weighted by atomic mass is 9.48. The zero-order valence-corrected chi connectivity index (χ0v) is 12.6. The van der Waals surface area contributed by atoms with E-state index in [1.54, 1.807) is 0 Å². The molecule has 0 aromatic heterocycles. The maximum absolute atomic E-state index is 10.6. The Morgan fingerprint density at radius 1 is 1.06 bits per heavy atom. The van der Waals surface area contributed by atoms with E-state index in [-0.39, 0.29) is 18.5 Å². The molecule has 106 valence electrons. The fraction of sp³-hybridized carbons (Fsp3) is 1.00. The van der Waals surface area contributed by atoms with Crippen molar-refractivity contribution in [3.8, 4) is 0 Å². The molecule has 0 radical (unpaired) electrons. The Bertz CT molecular complexity index is 257. The van der Waals surface area contributed by atoms with Crippen molar-refractivity contribution in [2.24, 2.45) is 23.2 Å². The van der Waals surface area contributed by atoms with Crippen LogP contribution in [0, 0.1) is 23.2 Å². The molecule has 0 aliphatic heterocycles. The third kappa shape index (κ3) is 2.57. The number of hydrogen-bond donors (Lipinski definition) is 1. The maximum atomic E-state index is 10.6. The molecule has 0 heterocycles. The molecule has 0 aromatic rings. The van der Waals surface area contributed by atoms with Crippen LogP contribution in [0.3, 0.4) is 0 Å². The van der Waals surface area contributed by atoms with E-state index in [4.69, 9.17) is 0 Å². The summed E-state index contributed by atoms with van der Waals surface area (Å²) in [5.74, 6) is 2.86. The molecule has 0 amide bonds. The maximum Gasteiger partial charge on any atom is 0.0608 e. The highest BCUT2D eigenvalue weighted by Crippen LogP contribution is 2.61. The van der Waals surface area contributed by atoms with Gasteiger partial charge in [-0.2, -0.15) is 0 Å². The van der Waals surface area contributed by atoms with Gasteiger partial charge in [0.15, 0.2) is 0 Å². The first kappa shape index (κ1) is 14.6. The average Bonchev–Trinajstić information content (AvgIpc) is 2.23. The Kier molecular flexibility index (Phi) is 4.30. The summed E-state index contributed by atoms with van der Waals surface area (Å²) in [6.07, 6.45) is 9.32. The van der Waals surface area contributed by atoms with Gasteiger partial charge in [-0.05, 0) is 88.8 Å². The number of nitrogens with zero attached hydrogens (tertiary/aromatic N) is 1. The van der Waals surface area contributed by atoms with Gasteiger partial charge in [0.05, 0.1) is 6.10 Å². The Morgan fingerprint density at radius 2 is 1.50 bits per heavy atom. The summed E-state index contributed by atoms with van der Waals surface area (Å²) in [5.41, 5.74) is 0.324. The van der Waals surface area contributed by atoms with Gasteiger partial charge in [0.2, 0.25) is 0 Å². The minimum Gasteiger partial charge on any atom is -0.393 e. The summed E-state index contributed by atoms with van der Waals surface area (Å²) in [6, 6.07) is 0. The van der Waals surface area contributed by atoms with Crippen LogP contribution in [0.5, 0.6) is 0 Å². The van der Waals surface area contributed by atoms with Crippen molar-refractivity contribution in [2.45, 2.75) is 51.0 Å². The second-order valence-corrected chi connectivity index (χ2v) is 7.39. The highest BCUT2D eigenvalue weighted by Gasteiger charge is 2.53. The number of rotatable bonds is 4. The van der Waals surface area contributed by atoms with E-state index in [1.165, 1.54) is 38.5 Å². The predicted molar refractivity (Wildman–Crippen MR) is 77.0 cm³/mol. The van der Waals surface area contributed by atoms with E-state index in [1.807, 2.05) is 0 Å². The van der Waals surface area contributed by atoms with Crippen molar-refractivity contribution in [3.05, 3.63) is 0 Å². The molecule has 4 rings (SSSR count). The van der Waals surface area contributed by atoms with Gasteiger partial charge in [-0.1, -0.05) is 0 Å². The molecule has 0 saturated heterocycles. The molecule has 1 atom stereocenters. The fourth-order valence-electron chi connectivity index (χ4n) is 5.27. The van der Waals surface area contributed by atoms with Crippen LogP contribution in [0.2, 0.25) is 0 Å². The minimum absolute atomic E-state index is 0. The third-order valence-electron chi connectivity index (χ3n) is 5.64. The number of aliphatic hydroxyl groups is 1. The molecular weight excluding hydrogens is 246 g/mol. The van der Waals surface area contributed by atoms with Crippen LogP contribution in [-0.4, -0.2) is 36.8 Å². The SMILES string of the molecule is CN(C)CCC(O)C12CC3CC(CC(C3)C1)C2.Cl. The van der Waals surface area contributed by atoms with Crippen LogP contribution in [0.25, 0.3) is 0 Å². The molecule has 18 heavy (non-hydrogen) atoms. The summed E-state index contributed by atoms with van der Waals surface area (Å²) in [5, 5.41) is 10.6. The van der Waals surface area contributed by atoms with Gasteiger partial charge in [-0.3, -0.25) is 0 Å². The first-order valence-corrected chi connectivity index (χ1v) is 7.40. The summed E-state index contributed by atoms with van der Waals surface area (Å²) in [4.78, 5) is 2.20. The molecule has 0 spiro atoms. The quantitative estimate of drug-likeness (QED) is 0.851. The predicted octanol–water partition coefficient (Wildman–Crippen LogP) is 2.94. The van der Waals surface area contributed by atoms with Gasteiger partial charge >= 0.3 is 0 Å². The first-order valence-electron chi connectivity index (χ1n) is 7.40. The molecular formula is C15H28ClNO. The largest absolute Gasteiger partial charge is 0.393 e. The van der Waals surface area contributed by atoms with Crippen molar-refractivity contribution in [1.29, 1.82) is 0 Å². The van der Waals surface area contributed by atoms with Crippen LogP contribution >= 0.6 is 12.4 Å². The van der Waals surface area contributed by atoms with Crippen LogP contribution in [0.1, 0.15) is 44.9 Å². The average molecular weight is 274 g/mol. The van der Waals surface area contributed by atoms with Gasteiger partial charge in [0.1, 0.15) is 0 Å². The summed E-state index contributed by atoms with van der Waals surface area (Å²) in [6.45, 7) is 1.03. The molecule has 3 heteroatoms. The number of aliphatic hydroxyl groups excluding tert-OH is 1. The van der Waals surface area contributed by atoms with E-state index >= 15 is 0 Å². The van der Waals surface area contributed by atoms with Gasteiger partial charge in [-0.15, -0.1) is 12.4 Å². The Labute approximate surface area is 118 Å². The van der Waals surface area contributed by atoms with Gasteiger partial charge in [-0.25, -0.2) is 0 Å². The second-order valence-electron chi connectivity index (χ2n) is 7.39. The highest BCUT2D eigenvalue weighted by atomic mass is 35.5. The van der Waals surface area contributed by atoms with Crippen molar-refractivity contribution < 1.29 is 5.11 Å². The lowest BCUT2D eigenvalue weighted by Crippen LogP contribution is -2.52. The van der Waals surface area contributed by atoms with Crippen LogP contribution < -0.4 is 0 Å². The zero-order valence-electron chi connectivity index (χ0n) is 11.8. The second kappa shape index (κ2) is 5.30. The van der Waals surface area contributed by atoms with Gasteiger partial charge in [0, 0.05) is 0 Å². The highest BCUT2D eigenvalue weighted by molar-refractivity contribution is 5.85. The Morgan fingerprint density at radius 3 is 1.89 bits per heavy atom. The smallest absolute Gasteiger partial charge is 0.0608 e. The lowest BCUT2D eigenvalue weighted by Gasteiger charge is -2.58. The molecule has 4 aliphatic rings. The molecule has 4 bridgehead atoms. The first-order chi connectivity index (χ1) is 8.07. The third-order valence-corrected chi connectivity index (χ3v) is 5.64. The molecule has 4 fully saturated rings. The summed E-state index contributed by atoms with van der Waals surface area (Å²) < 4.78 is 0. The van der Waals surface area contributed by atoms with E-state index in [9.17, 15) is 5.11 Å². The molecule has 4 aliphatic carbocycles. The van der Waals surface area contributed by atoms with E-state index in [0.717, 1.165) is 30.7 Å². The van der Waals surface area contributed by atoms with Gasteiger partial charge in [0.25, 0.3) is 0 Å². The van der Waals surface area contributed by atoms with Crippen LogP contribution in [0.15, 0.2) is 0 Å².